The predicted molar refractivity (Wildman–Crippen MR) is 136 cm³/mol. The largest absolute Gasteiger partial charge is 0.467 e. The van der Waals surface area contributed by atoms with E-state index in [1.165, 1.54) is 19.2 Å². The molecule has 40 heavy (non-hydrogen) atoms. The molecule has 0 saturated carbocycles. The van der Waals surface area contributed by atoms with Crippen LogP contribution < -0.4 is 9.04 Å². The molecule has 2 heterocycles. The van der Waals surface area contributed by atoms with Crippen molar-refractivity contribution in [1.29, 1.82) is 0 Å². The third-order valence-corrected chi connectivity index (χ3v) is 8.62. The van der Waals surface area contributed by atoms with Crippen molar-refractivity contribution in [3.8, 4) is 5.75 Å². The minimum Gasteiger partial charge on any atom is -0.467 e. The molecule has 1 amide bonds. The molecular weight excluding hydrogens is 554 g/mol. The van der Waals surface area contributed by atoms with Gasteiger partial charge in [0.15, 0.2) is 6.79 Å². The Kier molecular flexibility index (Phi) is 8.15. The van der Waals surface area contributed by atoms with Gasteiger partial charge < -0.3 is 29.2 Å². The van der Waals surface area contributed by atoms with Crippen LogP contribution in [0.1, 0.15) is 21.8 Å². The highest BCUT2D eigenvalue weighted by atomic mass is 32.2. The van der Waals surface area contributed by atoms with Crippen molar-refractivity contribution in [2.24, 2.45) is 0 Å². The lowest BCUT2D eigenvalue weighted by Crippen LogP contribution is -2.41. The van der Waals surface area contributed by atoms with E-state index < -0.39 is 64.3 Å². The van der Waals surface area contributed by atoms with Gasteiger partial charge in [0.25, 0.3) is 15.7 Å². The topological polar surface area (TPSA) is 195 Å². The van der Waals surface area contributed by atoms with E-state index in [-0.39, 0.29) is 39.9 Å². The normalized spacial score (nSPS) is 21.8. The van der Waals surface area contributed by atoms with Crippen LogP contribution in [0.25, 0.3) is 0 Å². The maximum Gasteiger partial charge on any atom is 0.410 e. The summed E-state index contributed by atoms with van der Waals surface area (Å²) in [7, 11) is -0.934. The lowest BCUT2D eigenvalue weighted by atomic mass is 9.87. The summed E-state index contributed by atoms with van der Waals surface area (Å²) in [4.78, 5) is 36.3. The maximum atomic E-state index is 14.1. The Morgan fingerprint density at radius 1 is 1.12 bits per heavy atom. The summed E-state index contributed by atoms with van der Waals surface area (Å²) in [5, 5.41) is 32.8. The summed E-state index contributed by atoms with van der Waals surface area (Å²) < 4.78 is 49.3. The van der Waals surface area contributed by atoms with Gasteiger partial charge in [-0.2, -0.15) is 0 Å². The number of carbonyl (C=O) groups is 2. The number of nitrogens with zero attached hydrogens (tertiary/aromatic N) is 3. The molecule has 2 aliphatic rings. The number of nitro groups is 1. The summed E-state index contributed by atoms with van der Waals surface area (Å²) in [6, 6.07) is 4.83. The first kappa shape index (κ1) is 29.0. The molecule has 16 heteroatoms. The lowest BCUT2D eigenvalue weighted by Gasteiger charge is -2.33. The van der Waals surface area contributed by atoms with Crippen molar-refractivity contribution in [2.45, 2.75) is 29.0 Å². The van der Waals surface area contributed by atoms with Gasteiger partial charge in [-0.15, -0.1) is 0 Å². The van der Waals surface area contributed by atoms with Gasteiger partial charge in [-0.05, 0) is 24.3 Å². The number of aliphatic hydroxyl groups excluding tert-OH is 2. The van der Waals surface area contributed by atoms with Crippen LogP contribution in [0.4, 0.5) is 16.2 Å². The number of non-ortho nitro benzene ring substituents is 1. The first-order chi connectivity index (χ1) is 19.0. The van der Waals surface area contributed by atoms with E-state index in [4.69, 9.17) is 18.9 Å². The van der Waals surface area contributed by atoms with Crippen LogP contribution >= 0.6 is 0 Å². The summed E-state index contributed by atoms with van der Waals surface area (Å²) in [5.41, 5.74) is -0.556. The fourth-order valence-corrected chi connectivity index (χ4v) is 6.38. The first-order valence-corrected chi connectivity index (χ1v) is 13.3. The number of anilines is 1. The molecular formula is C24H27N3O12S. The number of hydrogen-bond acceptors (Lipinski definition) is 12. The monoisotopic (exact) mass is 581 g/mol. The Hall–Kier alpha value is -3.99. The molecule has 15 nitrogen and oxygen atoms in total. The molecule has 1 saturated heterocycles. The number of sulfonamides is 1. The van der Waals surface area contributed by atoms with Crippen LogP contribution in [0.2, 0.25) is 0 Å². The fourth-order valence-electron chi connectivity index (χ4n) is 4.89. The Bertz CT molecular complexity index is 1410. The predicted octanol–water partition coefficient (Wildman–Crippen LogP) is 0.829. The highest BCUT2D eigenvalue weighted by Gasteiger charge is 2.60. The van der Waals surface area contributed by atoms with Gasteiger partial charge >= 0.3 is 12.1 Å². The molecule has 216 valence electrons. The molecule has 2 aromatic carbocycles. The molecule has 2 N–H and O–H groups in total. The molecule has 0 aromatic heterocycles. The van der Waals surface area contributed by atoms with Gasteiger partial charge in [-0.3, -0.25) is 19.3 Å². The Balaban J connectivity index is 1.99. The number of nitro benzene ring substituents is 1. The number of benzene rings is 2. The fraction of sp³-hybridized carbons (Fsp3) is 0.417. The van der Waals surface area contributed by atoms with Crippen molar-refractivity contribution >= 4 is 33.5 Å². The van der Waals surface area contributed by atoms with Gasteiger partial charge in [-0.1, -0.05) is 0 Å². The number of esters is 1. The number of carbonyl (C=O) groups excluding carboxylic acids is 2. The molecule has 4 rings (SSSR count). The summed E-state index contributed by atoms with van der Waals surface area (Å²) >= 11 is 0. The third kappa shape index (κ3) is 5.01. The molecule has 0 radical (unpaired) electrons. The van der Waals surface area contributed by atoms with Crippen LogP contribution in [-0.2, 0) is 24.2 Å². The summed E-state index contributed by atoms with van der Waals surface area (Å²) in [6.45, 7) is -1.42. The molecule has 2 aromatic rings. The van der Waals surface area contributed by atoms with Crippen molar-refractivity contribution in [3.05, 3.63) is 57.6 Å². The zero-order valence-corrected chi connectivity index (χ0v) is 22.4. The zero-order valence-electron chi connectivity index (χ0n) is 21.6. The minimum atomic E-state index is -4.53. The van der Waals surface area contributed by atoms with E-state index >= 15 is 0 Å². The quantitative estimate of drug-likeness (QED) is 0.147. The van der Waals surface area contributed by atoms with Crippen molar-refractivity contribution in [3.63, 3.8) is 0 Å². The summed E-state index contributed by atoms with van der Waals surface area (Å²) in [6.07, 6.45) is -2.21. The minimum absolute atomic E-state index is 0.0281. The number of fused-ring (bicyclic) bond motifs is 2. The average Bonchev–Trinajstić information content (AvgIpc) is 3.67. The Labute approximate surface area is 228 Å². The molecule has 0 spiro atoms. The van der Waals surface area contributed by atoms with Gasteiger partial charge in [0, 0.05) is 30.7 Å². The first-order valence-electron chi connectivity index (χ1n) is 11.8. The van der Waals surface area contributed by atoms with Crippen LogP contribution in [0.15, 0.2) is 41.3 Å². The van der Waals surface area contributed by atoms with Crippen LogP contribution in [0, 0.1) is 10.1 Å². The average molecular weight is 582 g/mol. The second-order valence-corrected chi connectivity index (χ2v) is 10.8. The molecule has 0 unspecified atom stereocenters. The number of aliphatic hydroxyl groups is 2. The van der Waals surface area contributed by atoms with Gasteiger partial charge in [-0.25, -0.2) is 18.0 Å². The van der Waals surface area contributed by atoms with Crippen molar-refractivity contribution < 1.29 is 52.1 Å². The van der Waals surface area contributed by atoms with Crippen LogP contribution in [0.5, 0.6) is 5.75 Å². The SMILES string of the molecule is COCOc1cc(C(=O)OC)cc2c1[C@@H](CO)[C@@H](O)[C@@H]1[C@H](CN2S(=O)(=O)c2ccc([N+](=O)[O-])cc2)N1C(=O)OC. The van der Waals surface area contributed by atoms with Gasteiger partial charge in [0.1, 0.15) is 5.75 Å². The van der Waals surface area contributed by atoms with E-state index in [1.807, 2.05) is 0 Å². The van der Waals surface area contributed by atoms with E-state index in [2.05, 4.69) is 0 Å². The van der Waals surface area contributed by atoms with Crippen molar-refractivity contribution in [1.82, 2.24) is 4.90 Å². The van der Waals surface area contributed by atoms with E-state index in [9.17, 15) is 38.3 Å². The number of amides is 1. The smallest absolute Gasteiger partial charge is 0.410 e. The zero-order chi connectivity index (χ0) is 29.4. The van der Waals surface area contributed by atoms with E-state index in [1.54, 1.807) is 0 Å². The van der Waals surface area contributed by atoms with Crippen LogP contribution in [0.3, 0.4) is 0 Å². The molecule has 0 bridgehead atoms. The van der Waals surface area contributed by atoms with Crippen molar-refractivity contribution in [2.75, 3.05) is 45.6 Å². The molecule has 2 aliphatic heterocycles. The Morgan fingerprint density at radius 3 is 2.35 bits per heavy atom. The maximum absolute atomic E-state index is 14.1. The second kappa shape index (κ2) is 11.2. The van der Waals surface area contributed by atoms with Gasteiger partial charge in [0.2, 0.25) is 0 Å². The highest BCUT2D eigenvalue weighted by Crippen LogP contribution is 2.48. The van der Waals surface area contributed by atoms with Crippen LogP contribution in [-0.4, -0.2) is 100.0 Å². The van der Waals surface area contributed by atoms with E-state index in [0.29, 0.717) is 0 Å². The standard InChI is InChI=1S/C24H27N3O12S/c1-36-12-39-19-9-13(23(30)37-2)8-17-20(19)16(11-28)22(29)21-18(26(21)24(31)38-3)10-25(17)40(34,35)15-6-4-14(5-7-15)27(32)33/h4-9,16,18,21-22,28-29H,10-12H2,1-3H3/t16-,18+,21+,22-,26?/m1/s1. The second-order valence-electron chi connectivity index (χ2n) is 8.95. The van der Waals surface area contributed by atoms with E-state index in [0.717, 1.165) is 47.7 Å². The number of rotatable bonds is 8. The highest BCUT2D eigenvalue weighted by molar-refractivity contribution is 7.92. The number of ether oxygens (including phenoxy) is 4. The molecule has 0 aliphatic carbocycles. The molecule has 4 atom stereocenters. The Morgan fingerprint density at radius 2 is 1.80 bits per heavy atom. The summed E-state index contributed by atoms with van der Waals surface area (Å²) in [5.74, 6) is -2.10. The number of hydrogen-bond donors (Lipinski definition) is 2. The molecule has 1 fully saturated rings. The van der Waals surface area contributed by atoms with Gasteiger partial charge in [0.05, 0.1) is 66.6 Å². The number of methoxy groups -OCH3 is 3. The third-order valence-electron chi connectivity index (χ3n) is 6.83. The lowest BCUT2D eigenvalue weighted by molar-refractivity contribution is -0.384.